The van der Waals surface area contributed by atoms with Crippen LogP contribution < -0.4 is 10.3 Å². The van der Waals surface area contributed by atoms with Gasteiger partial charge in [0.15, 0.2) is 0 Å². The molecule has 2 aromatic carbocycles. The molecule has 1 atom stereocenters. The fraction of sp³-hybridized carbons (Fsp3) is 0.261. The largest absolute Gasteiger partial charge is 0.497 e. The van der Waals surface area contributed by atoms with Crippen LogP contribution in [0, 0.1) is 5.82 Å². The first-order chi connectivity index (χ1) is 15.0. The number of hydrogen-bond donors (Lipinski definition) is 0. The van der Waals surface area contributed by atoms with Gasteiger partial charge in [0.2, 0.25) is 5.91 Å². The second-order valence-corrected chi connectivity index (χ2v) is 7.17. The van der Waals surface area contributed by atoms with Crippen LogP contribution in [-0.4, -0.2) is 47.4 Å². The van der Waals surface area contributed by atoms with Gasteiger partial charge in [-0.15, -0.1) is 0 Å². The van der Waals surface area contributed by atoms with Gasteiger partial charge in [-0.2, -0.15) is 5.10 Å². The van der Waals surface area contributed by atoms with Crippen molar-refractivity contribution in [3.05, 3.63) is 82.4 Å². The van der Waals surface area contributed by atoms with Crippen LogP contribution in [0.15, 0.2) is 65.5 Å². The summed E-state index contributed by atoms with van der Waals surface area (Å²) in [7, 11) is 1.45. The highest BCUT2D eigenvalue weighted by Crippen LogP contribution is 2.24. The van der Waals surface area contributed by atoms with E-state index in [0.29, 0.717) is 25.4 Å². The first-order valence-corrected chi connectivity index (χ1v) is 9.91. The molecule has 1 fully saturated rings. The Morgan fingerprint density at radius 2 is 2.00 bits per heavy atom. The van der Waals surface area contributed by atoms with E-state index in [-0.39, 0.29) is 29.8 Å². The summed E-state index contributed by atoms with van der Waals surface area (Å²) in [6.07, 6.45) is -0.219. The number of ether oxygens (including phenoxy) is 2. The first kappa shape index (κ1) is 20.7. The first-order valence-electron chi connectivity index (χ1n) is 9.91. The monoisotopic (exact) mass is 423 g/mol. The third-order valence-corrected chi connectivity index (χ3v) is 5.19. The van der Waals surface area contributed by atoms with E-state index >= 15 is 0 Å². The number of hydrogen-bond acceptors (Lipinski definition) is 5. The Kier molecular flexibility index (Phi) is 6.08. The SMILES string of the molecule is COc1ccc(-c2ccc(=O)n(CC(=O)N3CCO[C@@H](c4ccccc4)C3)n2)c(F)c1. The molecule has 0 spiro atoms. The molecule has 1 saturated heterocycles. The smallest absolute Gasteiger partial charge is 0.267 e. The summed E-state index contributed by atoms with van der Waals surface area (Å²) in [6, 6.07) is 16.8. The normalized spacial score (nSPS) is 16.2. The lowest BCUT2D eigenvalue weighted by Crippen LogP contribution is -2.44. The third kappa shape index (κ3) is 4.64. The van der Waals surface area contributed by atoms with Gasteiger partial charge in [0.05, 0.1) is 26.0 Å². The van der Waals surface area contributed by atoms with Crippen molar-refractivity contribution in [3.63, 3.8) is 0 Å². The van der Waals surface area contributed by atoms with Crippen LogP contribution in [0.5, 0.6) is 5.75 Å². The third-order valence-electron chi connectivity index (χ3n) is 5.19. The maximum absolute atomic E-state index is 14.4. The van der Waals surface area contributed by atoms with Crippen molar-refractivity contribution in [1.82, 2.24) is 14.7 Å². The van der Waals surface area contributed by atoms with Crippen LogP contribution in [0.3, 0.4) is 0 Å². The predicted octanol–water partition coefficient (Wildman–Crippen LogP) is 2.66. The van der Waals surface area contributed by atoms with Crippen LogP contribution >= 0.6 is 0 Å². The van der Waals surface area contributed by atoms with E-state index in [0.717, 1.165) is 10.2 Å². The lowest BCUT2D eigenvalue weighted by Gasteiger charge is -2.33. The molecule has 8 heteroatoms. The van der Waals surface area contributed by atoms with Gasteiger partial charge in [-0.1, -0.05) is 30.3 Å². The Bertz CT molecular complexity index is 1130. The average Bonchev–Trinajstić information content (AvgIpc) is 2.81. The molecule has 7 nitrogen and oxygen atoms in total. The van der Waals surface area contributed by atoms with E-state index in [9.17, 15) is 14.0 Å². The van der Waals surface area contributed by atoms with E-state index in [1.807, 2.05) is 30.3 Å². The molecule has 4 rings (SSSR count). The summed E-state index contributed by atoms with van der Waals surface area (Å²) in [6.45, 7) is 1.00. The lowest BCUT2D eigenvalue weighted by molar-refractivity contribution is -0.139. The second-order valence-electron chi connectivity index (χ2n) is 7.17. The standard InChI is InChI=1S/C23H22FN3O4/c1-30-17-7-8-18(19(24)13-17)20-9-10-22(28)27(25-20)15-23(29)26-11-12-31-21(14-26)16-5-3-2-4-6-16/h2-10,13,21H,11-12,14-15H2,1H3/t21-/m1/s1. The number of nitrogens with zero attached hydrogens (tertiary/aromatic N) is 3. The van der Waals surface area contributed by atoms with E-state index in [1.165, 1.54) is 31.4 Å². The van der Waals surface area contributed by atoms with Crippen LogP contribution in [0.25, 0.3) is 11.3 Å². The molecule has 0 bridgehead atoms. The summed E-state index contributed by atoms with van der Waals surface area (Å²) in [5.41, 5.74) is 1.04. The Morgan fingerprint density at radius 1 is 1.19 bits per heavy atom. The molecule has 2 heterocycles. The molecule has 0 aliphatic carbocycles. The van der Waals surface area contributed by atoms with Crippen LogP contribution in [0.4, 0.5) is 4.39 Å². The van der Waals surface area contributed by atoms with Gasteiger partial charge in [-0.25, -0.2) is 9.07 Å². The summed E-state index contributed by atoms with van der Waals surface area (Å²) in [5, 5.41) is 4.22. The predicted molar refractivity (Wildman–Crippen MR) is 112 cm³/mol. The van der Waals surface area contributed by atoms with Crippen molar-refractivity contribution >= 4 is 5.91 Å². The van der Waals surface area contributed by atoms with Gasteiger partial charge >= 0.3 is 0 Å². The van der Waals surface area contributed by atoms with Gasteiger partial charge in [0, 0.05) is 24.2 Å². The number of halogens is 1. The molecule has 1 aliphatic rings. The van der Waals surface area contributed by atoms with Gasteiger partial charge in [-0.05, 0) is 23.8 Å². The number of carbonyl (C=O) groups is 1. The zero-order valence-corrected chi connectivity index (χ0v) is 17.0. The highest BCUT2D eigenvalue weighted by molar-refractivity contribution is 5.76. The molecule has 3 aromatic rings. The second kappa shape index (κ2) is 9.09. The minimum Gasteiger partial charge on any atom is -0.497 e. The molecule has 0 saturated carbocycles. The number of amides is 1. The van der Waals surface area contributed by atoms with Crippen molar-refractivity contribution in [2.75, 3.05) is 26.8 Å². The van der Waals surface area contributed by atoms with Crippen molar-refractivity contribution in [2.45, 2.75) is 12.6 Å². The summed E-state index contributed by atoms with van der Waals surface area (Å²) in [4.78, 5) is 26.8. The van der Waals surface area contributed by atoms with Crippen molar-refractivity contribution in [3.8, 4) is 17.0 Å². The topological polar surface area (TPSA) is 73.7 Å². The minimum absolute atomic E-state index is 0.219. The number of morpholine rings is 1. The van der Waals surface area contributed by atoms with Crippen molar-refractivity contribution in [1.29, 1.82) is 0 Å². The summed E-state index contributed by atoms with van der Waals surface area (Å²) < 4.78 is 26.3. The fourth-order valence-electron chi connectivity index (χ4n) is 3.51. The summed E-state index contributed by atoms with van der Waals surface area (Å²) in [5.74, 6) is -0.390. The fourth-order valence-corrected chi connectivity index (χ4v) is 3.51. The molecular weight excluding hydrogens is 401 g/mol. The maximum atomic E-state index is 14.4. The average molecular weight is 423 g/mol. The minimum atomic E-state index is -0.526. The number of methoxy groups -OCH3 is 1. The lowest BCUT2D eigenvalue weighted by atomic mass is 10.1. The van der Waals surface area contributed by atoms with E-state index < -0.39 is 11.4 Å². The Morgan fingerprint density at radius 3 is 2.74 bits per heavy atom. The molecule has 0 unspecified atom stereocenters. The van der Waals surface area contributed by atoms with Gasteiger partial charge in [0.25, 0.3) is 5.56 Å². The van der Waals surface area contributed by atoms with Gasteiger partial charge < -0.3 is 14.4 Å². The van der Waals surface area contributed by atoms with Gasteiger partial charge in [0.1, 0.15) is 24.2 Å². The number of aromatic nitrogens is 2. The highest BCUT2D eigenvalue weighted by atomic mass is 19.1. The van der Waals surface area contributed by atoms with Gasteiger partial charge in [-0.3, -0.25) is 9.59 Å². The zero-order chi connectivity index (χ0) is 21.8. The van der Waals surface area contributed by atoms with E-state index in [1.54, 1.807) is 11.0 Å². The zero-order valence-electron chi connectivity index (χ0n) is 17.0. The molecule has 0 radical (unpaired) electrons. The van der Waals surface area contributed by atoms with Crippen LogP contribution in [-0.2, 0) is 16.1 Å². The van der Waals surface area contributed by atoms with Crippen LogP contribution in [0.2, 0.25) is 0 Å². The number of rotatable bonds is 5. The quantitative estimate of drug-likeness (QED) is 0.631. The number of benzene rings is 2. The maximum Gasteiger partial charge on any atom is 0.267 e. The molecule has 160 valence electrons. The van der Waals surface area contributed by atoms with Crippen molar-refractivity contribution in [2.24, 2.45) is 0 Å². The number of carbonyl (C=O) groups excluding carboxylic acids is 1. The van der Waals surface area contributed by atoms with Crippen LogP contribution in [0.1, 0.15) is 11.7 Å². The molecule has 31 heavy (non-hydrogen) atoms. The van der Waals surface area contributed by atoms with E-state index in [4.69, 9.17) is 9.47 Å². The van der Waals surface area contributed by atoms with E-state index in [2.05, 4.69) is 5.10 Å². The Labute approximate surface area is 178 Å². The molecule has 0 N–H and O–H groups in total. The molecule has 1 amide bonds. The molecule has 1 aliphatic heterocycles. The summed E-state index contributed by atoms with van der Waals surface area (Å²) >= 11 is 0. The molecular formula is C23H22FN3O4. The van der Waals surface area contributed by atoms with Crippen molar-refractivity contribution < 1.29 is 18.7 Å². The molecule has 1 aromatic heterocycles. The highest BCUT2D eigenvalue weighted by Gasteiger charge is 2.26. The Balaban J connectivity index is 1.52. The Hall–Kier alpha value is -3.52.